The quantitative estimate of drug-likeness (QED) is 0.858. The molecule has 1 aliphatic carbocycles. The minimum atomic E-state index is 0.225. The van der Waals surface area contributed by atoms with Gasteiger partial charge < -0.3 is 4.74 Å². The predicted octanol–water partition coefficient (Wildman–Crippen LogP) is 3.92. The molecule has 1 aromatic heterocycles. The van der Waals surface area contributed by atoms with Crippen molar-refractivity contribution in [2.75, 3.05) is 0 Å². The van der Waals surface area contributed by atoms with E-state index in [1.54, 1.807) is 6.20 Å². The van der Waals surface area contributed by atoms with Gasteiger partial charge in [0.2, 0.25) is 0 Å². The topological polar surface area (TPSA) is 46.0 Å². The summed E-state index contributed by atoms with van der Waals surface area (Å²) in [4.78, 5) is 4.23. The number of aryl methyl sites for hydroxylation is 1. The molecule has 1 aromatic carbocycles. The largest absolute Gasteiger partial charge is 0.443 e. The van der Waals surface area contributed by atoms with Crippen LogP contribution >= 0.6 is 0 Å². The van der Waals surface area contributed by atoms with E-state index in [0.717, 1.165) is 24.2 Å². The number of fused-ring (bicyclic) bond motifs is 2. The first-order chi connectivity index (χ1) is 10.3. The van der Waals surface area contributed by atoms with E-state index in [4.69, 9.17) is 10.1 Å². The molecular weight excluding hydrogens is 260 g/mol. The molecule has 0 bridgehead atoms. The fraction of sp³-hybridized carbons (Fsp3) is 0.222. The smallest absolute Gasteiger partial charge is 0.188 e. The highest BCUT2D eigenvalue weighted by Gasteiger charge is 2.32. The zero-order valence-electron chi connectivity index (χ0n) is 11.7. The van der Waals surface area contributed by atoms with E-state index in [-0.39, 0.29) is 5.92 Å². The Hall–Kier alpha value is -2.42. The van der Waals surface area contributed by atoms with Crippen LogP contribution in [-0.2, 0) is 11.2 Å². The first-order valence-corrected chi connectivity index (χ1v) is 7.29. The molecule has 0 radical (unpaired) electrons. The highest BCUT2D eigenvalue weighted by molar-refractivity contribution is 5.87. The molecule has 1 N–H and O–H groups in total. The summed E-state index contributed by atoms with van der Waals surface area (Å²) in [5.41, 5.74) is 4.96. The minimum Gasteiger partial charge on any atom is -0.443 e. The number of pyridine rings is 1. The van der Waals surface area contributed by atoms with Crippen molar-refractivity contribution in [1.82, 2.24) is 4.98 Å². The first-order valence-electron chi connectivity index (χ1n) is 7.29. The van der Waals surface area contributed by atoms with Crippen LogP contribution in [0.1, 0.15) is 35.4 Å². The van der Waals surface area contributed by atoms with Gasteiger partial charge in [0, 0.05) is 30.3 Å². The van der Waals surface area contributed by atoms with Gasteiger partial charge in [0.1, 0.15) is 5.76 Å². The molecule has 2 aliphatic rings. The van der Waals surface area contributed by atoms with Crippen LogP contribution in [0.2, 0.25) is 0 Å². The second kappa shape index (κ2) is 4.85. The van der Waals surface area contributed by atoms with Gasteiger partial charge in [-0.3, -0.25) is 10.4 Å². The average molecular weight is 276 g/mol. The molecule has 1 unspecified atom stereocenters. The molecule has 1 atom stereocenters. The summed E-state index contributed by atoms with van der Waals surface area (Å²) < 4.78 is 5.81. The lowest BCUT2D eigenvalue weighted by molar-refractivity contribution is 0.438. The highest BCUT2D eigenvalue weighted by atomic mass is 16.5. The number of nitrogens with one attached hydrogen (secondary N) is 1. The van der Waals surface area contributed by atoms with Crippen LogP contribution in [0.3, 0.4) is 0 Å². The van der Waals surface area contributed by atoms with Crippen LogP contribution in [0.15, 0.2) is 54.4 Å². The number of benzene rings is 1. The number of nitrogens with zero attached hydrogens (tertiary/aromatic N) is 1. The number of aromatic nitrogens is 1. The van der Waals surface area contributed by atoms with Gasteiger partial charge >= 0.3 is 0 Å². The molecule has 1 aliphatic heterocycles. The summed E-state index contributed by atoms with van der Waals surface area (Å²) in [7, 11) is 0. The molecule has 0 saturated heterocycles. The Labute approximate surface area is 123 Å². The van der Waals surface area contributed by atoms with Crippen molar-refractivity contribution in [3.63, 3.8) is 0 Å². The van der Waals surface area contributed by atoms with Crippen molar-refractivity contribution in [2.24, 2.45) is 0 Å². The normalized spacial score (nSPS) is 20.6. The van der Waals surface area contributed by atoms with Gasteiger partial charge in [-0.2, -0.15) is 0 Å². The molecule has 3 heteroatoms. The van der Waals surface area contributed by atoms with Gasteiger partial charge in [0.05, 0.1) is 0 Å². The van der Waals surface area contributed by atoms with Crippen molar-refractivity contribution in [3.05, 3.63) is 71.1 Å². The molecule has 0 spiro atoms. The first kappa shape index (κ1) is 12.3. The number of rotatable bonds is 1. The second-order valence-electron chi connectivity index (χ2n) is 5.58. The molecule has 2 aromatic rings. The van der Waals surface area contributed by atoms with Crippen LogP contribution in [-0.4, -0.2) is 10.9 Å². The van der Waals surface area contributed by atoms with Gasteiger partial charge in [-0.1, -0.05) is 30.3 Å². The maximum absolute atomic E-state index is 8.06. The van der Waals surface area contributed by atoms with Crippen molar-refractivity contribution in [3.8, 4) is 0 Å². The van der Waals surface area contributed by atoms with Crippen LogP contribution < -0.4 is 0 Å². The van der Waals surface area contributed by atoms with Gasteiger partial charge in [-0.05, 0) is 35.6 Å². The van der Waals surface area contributed by atoms with E-state index in [1.807, 2.05) is 18.3 Å². The van der Waals surface area contributed by atoms with Crippen molar-refractivity contribution < 1.29 is 4.74 Å². The van der Waals surface area contributed by atoms with Crippen LogP contribution in [0.25, 0.3) is 5.76 Å². The summed E-state index contributed by atoms with van der Waals surface area (Å²) in [6.45, 7) is 0. The zero-order chi connectivity index (χ0) is 14.2. The molecule has 0 saturated carbocycles. The SMILES string of the molecule is N=C1CC(c2cccnc2)C2=C(O1)c1ccccc1CC2. The summed E-state index contributed by atoms with van der Waals surface area (Å²) in [5.74, 6) is 1.48. The number of ether oxygens (including phenoxy) is 1. The van der Waals surface area contributed by atoms with Gasteiger partial charge in [0.15, 0.2) is 5.90 Å². The van der Waals surface area contributed by atoms with E-state index < -0.39 is 0 Å². The van der Waals surface area contributed by atoms with Crippen LogP contribution in [0, 0.1) is 5.41 Å². The van der Waals surface area contributed by atoms with Gasteiger partial charge in [0.25, 0.3) is 0 Å². The zero-order valence-corrected chi connectivity index (χ0v) is 11.7. The number of allylic oxidation sites excluding steroid dienone is 1. The maximum Gasteiger partial charge on any atom is 0.188 e. The molecule has 4 rings (SSSR count). The third-order valence-corrected chi connectivity index (χ3v) is 4.34. The summed E-state index contributed by atoms with van der Waals surface area (Å²) >= 11 is 0. The van der Waals surface area contributed by atoms with E-state index >= 15 is 0 Å². The van der Waals surface area contributed by atoms with Crippen molar-refractivity contribution >= 4 is 11.7 Å². The monoisotopic (exact) mass is 276 g/mol. The summed E-state index contributed by atoms with van der Waals surface area (Å²) in [6.07, 6.45) is 6.38. The molecule has 0 fully saturated rings. The Balaban J connectivity index is 1.86. The maximum atomic E-state index is 8.06. The fourth-order valence-electron chi connectivity index (χ4n) is 3.34. The molecule has 21 heavy (non-hydrogen) atoms. The molecule has 3 nitrogen and oxygen atoms in total. The molecule has 2 heterocycles. The standard InChI is InChI=1S/C18H16N2O/c19-17-10-16(13-5-3-9-20-11-13)15-8-7-12-4-1-2-6-14(12)18(15)21-17/h1-6,9,11,16,19H,7-8,10H2. The molecule has 0 amide bonds. The fourth-order valence-corrected chi connectivity index (χ4v) is 3.34. The molecule has 104 valence electrons. The number of hydrogen-bond donors (Lipinski definition) is 1. The average Bonchev–Trinajstić information content (AvgIpc) is 2.55. The van der Waals surface area contributed by atoms with Crippen molar-refractivity contribution in [1.29, 1.82) is 5.41 Å². The Bertz CT molecular complexity index is 734. The lowest BCUT2D eigenvalue weighted by Crippen LogP contribution is -2.23. The Morgan fingerprint density at radius 3 is 2.86 bits per heavy atom. The van der Waals surface area contributed by atoms with Gasteiger partial charge in [-0.25, -0.2) is 0 Å². The van der Waals surface area contributed by atoms with Crippen LogP contribution in [0.5, 0.6) is 0 Å². The lowest BCUT2D eigenvalue weighted by atomic mass is 9.78. The summed E-state index contributed by atoms with van der Waals surface area (Å²) in [5, 5.41) is 8.06. The van der Waals surface area contributed by atoms with E-state index in [0.29, 0.717) is 12.3 Å². The van der Waals surface area contributed by atoms with Crippen molar-refractivity contribution in [2.45, 2.75) is 25.2 Å². The van der Waals surface area contributed by atoms with E-state index in [9.17, 15) is 0 Å². The Morgan fingerprint density at radius 1 is 1.10 bits per heavy atom. The van der Waals surface area contributed by atoms with Crippen LogP contribution in [0.4, 0.5) is 0 Å². The molecular formula is C18H16N2O. The predicted molar refractivity (Wildman–Crippen MR) is 82.1 cm³/mol. The third kappa shape index (κ3) is 2.05. The van der Waals surface area contributed by atoms with E-state index in [2.05, 4.69) is 29.2 Å². The second-order valence-corrected chi connectivity index (χ2v) is 5.58. The summed E-state index contributed by atoms with van der Waals surface area (Å²) in [6, 6.07) is 12.4. The minimum absolute atomic E-state index is 0.225. The lowest BCUT2D eigenvalue weighted by Gasteiger charge is -2.33. The number of hydrogen-bond acceptors (Lipinski definition) is 3. The highest BCUT2D eigenvalue weighted by Crippen LogP contribution is 2.44. The third-order valence-electron chi connectivity index (χ3n) is 4.34. The Morgan fingerprint density at radius 2 is 2.00 bits per heavy atom. The van der Waals surface area contributed by atoms with Gasteiger partial charge in [-0.15, -0.1) is 0 Å². The Kier molecular flexibility index (Phi) is 2.85. The van der Waals surface area contributed by atoms with E-state index in [1.165, 1.54) is 16.7 Å².